The fourth-order valence-corrected chi connectivity index (χ4v) is 2.19. The number of hydrogen-bond acceptors (Lipinski definition) is 2. The van der Waals surface area contributed by atoms with Crippen LogP contribution in [0.5, 0.6) is 0 Å². The Morgan fingerprint density at radius 1 is 1.24 bits per heavy atom. The molecule has 0 spiro atoms. The van der Waals surface area contributed by atoms with Crippen LogP contribution in [0.15, 0.2) is 18.2 Å². The topological polar surface area (TPSA) is 56.2 Å². The van der Waals surface area contributed by atoms with Crippen molar-refractivity contribution in [3.8, 4) is 0 Å². The molecule has 1 heterocycles. The zero-order chi connectivity index (χ0) is 12.8. The molecule has 1 fully saturated rings. The van der Waals surface area contributed by atoms with Crippen molar-refractivity contribution in [3.05, 3.63) is 28.2 Å². The quantitative estimate of drug-likeness (QED) is 0.809. The van der Waals surface area contributed by atoms with E-state index in [1.54, 1.807) is 32.0 Å². The van der Waals surface area contributed by atoms with E-state index in [0.717, 1.165) is 0 Å². The van der Waals surface area contributed by atoms with Crippen LogP contribution in [0.4, 0.5) is 10.5 Å². The summed E-state index contributed by atoms with van der Waals surface area (Å²) < 4.78 is 0. The van der Waals surface area contributed by atoms with Crippen LogP contribution in [0.25, 0.3) is 0 Å². The van der Waals surface area contributed by atoms with Crippen LogP contribution >= 0.6 is 23.2 Å². The monoisotopic (exact) mass is 271 g/mol. The Balaban J connectivity index is 2.47. The maximum Gasteiger partial charge on any atom is 0.328 e. The first-order valence-corrected chi connectivity index (χ1v) is 5.74. The third kappa shape index (κ3) is 2.10. The highest BCUT2D eigenvalue weighted by atomic mass is 35.5. The average Bonchev–Trinajstić information content (AvgIpc) is 2.34. The van der Waals surface area contributed by atoms with E-state index < -0.39 is 5.54 Å². The summed E-state index contributed by atoms with van der Waals surface area (Å²) in [5.41, 5.74) is -0.193. The Kier molecular flexibility index (Phi) is 2.79. The standard InChI is InChI=1S/C11H11Cl2N3O/c1-11(2)9(14)16(10(17)15-11)8-4-6(12)3-7(13)5-8/h3-5,14H,1-2H3,(H,15,17). The van der Waals surface area contributed by atoms with Gasteiger partial charge in [-0.05, 0) is 32.0 Å². The van der Waals surface area contributed by atoms with Crippen molar-refractivity contribution in [3.63, 3.8) is 0 Å². The van der Waals surface area contributed by atoms with Crippen LogP contribution in [0.3, 0.4) is 0 Å². The van der Waals surface area contributed by atoms with Gasteiger partial charge in [-0.15, -0.1) is 0 Å². The number of halogens is 2. The van der Waals surface area contributed by atoms with Gasteiger partial charge in [0.1, 0.15) is 5.84 Å². The Hall–Kier alpha value is -1.26. The fraction of sp³-hybridized carbons (Fsp3) is 0.273. The Labute approximate surface area is 109 Å². The minimum Gasteiger partial charge on any atom is -0.325 e. The second-order valence-electron chi connectivity index (χ2n) is 4.37. The highest BCUT2D eigenvalue weighted by Crippen LogP contribution is 2.29. The summed E-state index contributed by atoms with van der Waals surface area (Å²) in [6, 6.07) is 4.43. The number of benzene rings is 1. The fourth-order valence-electron chi connectivity index (χ4n) is 1.68. The van der Waals surface area contributed by atoms with Crippen molar-refractivity contribution >= 4 is 40.8 Å². The van der Waals surface area contributed by atoms with Crippen LogP contribution in [0.2, 0.25) is 10.0 Å². The van der Waals surface area contributed by atoms with Crippen molar-refractivity contribution < 1.29 is 4.79 Å². The number of urea groups is 1. The number of rotatable bonds is 1. The van der Waals surface area contributed by atoms with Crippen LogP contribution in [-0.4, -0.2) is 17.4 Å². The van der Waals surface area contributed by atoms with E-state index in [1.807, 2.05) is 0 Å². The lowest BCUT2D eigenvalue weighted by atomic mass is 10.1. The highest BCUT2D eigenvalue weighted by molar-refractivity contribution is 6.35. The number of nitrogens with one attached hydrogen (secondary N) is 2. The van der Waals surface area contributed by atoms with E-state index >= 15 is 0 Å². The lowest BCUT2D eigenvalue weighted by molar-refractivity contribution is 0.249. The predicted octanol–water partition coefficient (Wildman–Crippen LogP) is 3.28. The Morgan fingerprint density at radius 2 is 1.76 bits per heavy atom. The number of anilines is 1. The summed E-state index contributed by atoms with van der Waals surface area (Å²) >= 11 is 11.8. The first-order chi connectivity index (χ1) is 7.81. The molecule has 17 heavy (non-hydrogen) atoms. The van der Waals surface area contributed by atoms with Gasteiger partial charge in [-0.3, -0.25) is 5.41 Å². The largest absolute Gasteiger partial charge is 0.328 e. The molecule has 0 radical (unpaired) electrons. The first-order valence-electron chi connectivity index (χ1n) is 4.98. The van der Waals surface area contributed by atoms with Gasteiger partial charge in [-0.2, -0.15) is 0 Å². The van der Waals surface area contributed by atoms with E-state index in [4.69, 9.17) is 28.6 Å². The molecule has 1 aromatic carbocycles. The number of amides is 2. The van der Waals surface area contributed by atoms with Crippen LogP contribution in [0, 0.1) is 5.41 Å². The molecule has 0 atom stereocenters. The number of nitrogens with zero attached hydrogens (tertiary/aromatic N) is 1. The maximum atomic E-state index is 11.8. The summed E-state index contributed by atoms with van der Waals surface area (Å²) in [5, 5.41) is 11.5. The van der Waals surface area contributed by atoms with E-state index in [2.05, 4.69) is 5.32 Å². The van der Waals surface area contributed by atoms with Gasteiger partial charge in [0.25, 0.3) is 0 Å². The van der Waals surface area contributed by atoms with Crippen molar-refractivity contribution in [2.75, 3.05) is 4.90 Å². The molecule has 2 amide bonds. The molecular formula is C11H11Cl2N3O. The summed E-state index contributed by atoms with van der Waals surface area (Å²) in [6.45, 7) is 3.53. The lowest BCUT2D eigenvalue weighted by Gasteiger charge is -2.19. The first kappa shape index (κ1) is 12.2. The average molecular weight is 272 g/mol. The van der Waals surface area contributed by atoms with Gasteiger partial charge < -0.3 is 5.32 Å². The van der Waals surface area contributed by atoms with Gasteiger partial charge in [0.15, 0.2) is 0 Å². The third-order valence-corrected chi connectivity index (χ3v) is 2.98. The number of amidine groups is 1. The molecule has 0 saturated carbocycles. The molecule has 0 unspecified atom stereocenters. The molecule has 2 N–H and O–H groups in total. The smallest absolute Gasteiger partial charge is 0.325 e. The molecule has 1 saturated heterocycles. The van der Waals surface area contributed by atoms with Gasteiger partial charge in [0.05, 0.1) is 11.2 Å². The van der Waals surface area contributed by atoms with Crippen LogP contribution in [0.1, 0.15) is 13.8 Å². The lowest BCUT2D eigenvalue weighted by Crippen LogP contribution is -2.39. The van der Waals surface area contributed by atoms with Gasteiger partial charge in [0.2, 0.25) is 0 Å². The number of carbonyl (C=O) groups excluding carboxylic acids is 1. The van der Waals surface area contributed by atoms with Gasteiger partial charge in [-0.1, -0.05) is 23.2 Å². The second-order valence-corrected chi connectivity index (χ2v) is 5.24. The zero-order valence-corrected chi connectivity index (χ0v) is 10.9. The molecule has 1 aliphatic rings. The van der Waals surface area contributed by atoms with E-state index in [-0.39, 0.29) is 11.9 Å². The Bertz CT molecular complexity index is 493. The predicted molar refractivity (Wildman–Crippen MR) is 69.3 cm³/mol. The van der Waals surface area contributed by atoms with Crippen LogP contribution in [-0.2, 0) is 0 Å². The molecule has 1 aromatic rings. The van der Waals surface area contributed by atoms with Crippen molar-refractivity contribution in [2.45, 2.75) is 19.4 Å². The molecular weight excluding hydrogens is 261 g/mol. The number of hydrogen-bond donors (Lipinski definition) is 2. The van der Waals surface area contributed by atoms with E-state index in [0.29, 0.717) is 15.7 Å². The molecule has 0 aromatic heterocycles. The van der Waals surface area contributed by atoms with E-state index in [1.165, 1.54) is 4.90 Å². The highest BCUT2D eigenvalue weighted by Gasteiger charge is 2.41. The number of carbonyl (C=O) groups is 1. The summed E-state index contributed by atoms with van der Waals surface area (Å²) in [7, 11) is 0. The molecule has 0 aliphatic carbocycles. The minimum atomic E-state index is -0.689. The van der Waals surface area contributed by atoms with Crippen molar-refractivity contribution in [2.24, 2.45) is 0 Å². The van der Waals surface area contributed by atoms with Crippen molar-refractivity contribution in [1.29, 1.82) is 5.41 Å². The molecule has 4 nitrogen and oxygen atoms in total. The van der Waals surface area contributed by atoms with Crippen molar-refractivity contribution in [1.82, 2.24) is 5.32 Å². The normalized spacial score (nSPS) is 18.5. The van der Waals surface area contributed by atoms with E-state index in [9.17, 15) is 4.79 Å². The molecule has 90 valence electrons. The molecule has 1 aliphatic heterocycles. The Morgan fingerprint density at radius 3 is 2.18 bits per heavy atom. The molecule has 2 rings (SSSR count). The van der Waals surface area contributed by atoms with Crippen LogP contribution < -0.4 is 10.2 Å². The summed E-state index contributed by atoms with van der Waals surface area (Å²) in [6.07, 6.45) is 0. The third-order valence-electron chi connectivity index (χ3n) is 2.54. The van der Waals surface area contributed by atoms with Gasteiger partial charge in [0, 0.05) is 10.0 Å². The SMILES string of the molecule is CC1(C)NC(=O)N(c2cc(Cl)cc(Cl)c2)C1=N. The maximum absolute atomic E-state index is 11.8. The molecule has 6 heteroatoms. The van der Waals surface area contributed by atoms with Gasteiger partial charge in [-0.25, -0.2) is 9.69 Å². The molecule has 0 bridgehead atoms. The summed E-state index contributed by atoms with van der Waals surface area (Å²) in [4.78, 5) is 13.1. The minimum absolute atomic E-state index is 0.167. The second kappa shape index (κ2) is 3.89. The van der Waals surface area contributed by atoms with Gasteiger partial charge >= 0.3 is 6.03 Å². The summed E-state index contributed by atoms with van der Waals surface area (Å²) in [5.74, 6) is 0.167. The zero-order valence-electron chi connectivity index (χ0n) is 9.34.